The Kier molecular flexibility index (Phi) is 7.02. The number of amides is 1. The molecule has 0 spiro atoms. The van der Waals surface area contributed by atoms with E-state index in [-0.39, 0.29) is 23.0 Å². The van der Waals surface area contributed by atoms with Gasteiger partial charge < -0.3 is 27.2 Å². The van der Waals surface area contributed by atoms with Gasteiger partial charge in [-0.15, -0.1) is 0 Å². The summed E-state index contributed by atoms with van der Waals surface area (Å²) in [4.78, 5) is 21.4. The van der Waals surface area contributed by atoms with Crippen molar-refractivity contribution in [3.05, 3.63) is 65.5 Å². The zero-order valence-corrected chi connectivity index (χ0v) is 19.1. The van der Waals surface area contributed by atoms with Gasteiger partial charge in [0, 0.05) is 47.8 Å². The monoisotopic (exact) mass is 466 g/mol. The Labute approximate surface area is 198 Å². The molecule has 2 aliphatic rings. The van der Waals surface area contributed by atoms with Crippen LogP contribution in [0, 0.1) is 5.82 Å². The number of anilines is 1. The molecule has 1 saturated heterocycles. The molecule has 2 fully saturated rings. The van der Waals surface area contributed by atoms with Crippen LogP contribution in [0.15, 0.2) is 48.4 Å². The number of allylic oxidation sites excluding steroid dienone is 2. The zero-order chi connectivity index (χ0) is 24.2. The summed E-state index contributed by atoms with van der Waals surface area (Å²) in [5.74, 6) is -1.35. The molecule has 1 aliphatic heterocycles. The van der Waals surface area contributed by atoms with Crippen molar-refractivity contribution in [1.29, 1.82) is 0 Å². The topological polar surface area (TPSA) is 135 Å². The Balaban J connectivity index is 1.56. The molecule has 0 bridgehead atoms. The number of carbonyl (C=O) groups is 1. The van der Waals surface area contributed by atoms with Crippen LogP contribution in [-0.2, 0) is 4.79 Å². The summed E-state index contributed by atoms with van der Waals surface area (Å²) in [6.45, 7) is 1.81. The predicted octanol–water partition coefficient (Wildman–Crippen LogP) is 2.49. The molecular formula is C25H31FN6O2. The highest BCUT2D eigenvalue weighted by Crippen LogP contribution is 2.29. The third-order valence-electron chi connectivity index (χ3n) is 6.58. The first-order valence-corrected chi connectivity index (χ1v) is 11.6. The van der Waals surface area contributed by atoms with Gasteiger partial charge in [-0.2, -0.15) is 0 Å². The number of aromatic hydroxyl groups is 1. The number of halogens is 1. The number of rotatable bonds is 5. The molecule has 1 aromatic carbocycles. The van der Waals surface area contributed by atoms with Crippen molar-refractivity contribution in [3.8, 4) is 5.75 Å². The number of phenols is 1. The van der Waals surface area contributed by atoms with E-state index in [2.05, 4.69) is 9.88 Å². The smallest absolute Gasteiger partial charge is 0.241 e. The van der Waals surface area contributed by atoms with Crippen LogP contribution in [0.3, 0.4) is 0 Å². The molecule has 1 saturated carbocycles. The van der Waals surface area contributed by atoms with Crippen LogP contribution in [0.25, 0.3) is 11.3 Å². The third kappa shape index (κ3) is 4.99. The van der Waals surface area contributed by atoms with Crippen LogP contribution < -0.4 is 22.1 Å². The van der Waals surface area contributed by atoms with E-state index < -0.39 is 11.6 Å². The average molecular weight is 467 g/mol. The van der Waals surface area contributed by atoms with E-state index in [1.165, 1.54) is 37.5 Å². The van der Waals surface area contributed by atoms with Crippen molar-refractivity contribution in [1.82, 2.24) is 9.88 Å². The molecule has 34 heavy (non-hydrogen) atoms. The van der Waals surface area contributed by atoms with E-state index in [1.54, 1.807) is 23.2 Å². The van der Waals surface area contributed by atoms with Gasteiger partial charge in [0.25, 0.3) is 0 Å². The van der Waals surface area contributed by atoms with Gasteiger partial charge in [0.15, 0.2) is 11.6 Å². The van der Waals surface area contributed by atoms with Gasteiger partial charge in [-0.25, -0.2) is 4.39 Å². The van der Waals surface area contributed by atoms with E-state index in [0.717, 1.165) is 25.5 Å². The Morgan fingerprint density at radius 3 is 2.59 bits per heavy atom. The summed E-state index contributed by atoms with van der Waals surface area (Å²) in [5, 5.41) is 10.0. The van der Waals surface area contributed by atoms with E-state index in [9.17, 15) is 14.3 Å². The third-order valence-corrected chi connectivity index (χ3v) is 6.58. The number of carbonyl (C=O) groups excluding carboxylic acids is 1. The fourth-order valence-corrected chi connectivity index (χ4v) is 4.74. The Morgan fingerprint density at radius 1 is 1.12 bits per heavy atom. The lowest BCUT2D eigenvalue weighted by atomic mass is 9.93. The normalized spacial score (nSPS) is 18.2. The number of aromatic nitrogens is 1. The van der Waals surface area contributed by atoms with E-state index >= 15 is 0 Å². The molecule has 0 atom stereocenters. The average Bonchev–Trinajstić information content (AvgIpc) is 2.84. The number of piperazine rings is 1. The fourth-order valence-electron chi connectivity index (χ4n) is 4.74. The first-order chi connectivity index (χ1) is 16.3. The number of pyridine rings is 1. The van der Waals surface area contributed by atoms with E-state index in [0.29, 0.717) is 36.1 Å². The summed E-state index contributed by atoms with van der Waals surface area (Å²) in [6, 6.07) is 8.06. The van der Waals surface area contributed by atoms with Crippen LogP contribution in [0.4, 0.5) is 10.1 Å². The number of para-hydroxylation sites is 1. The molecule has 2 heterocycles. The number of benzene rings is 1. The standard InChI is InChI=1S/C25H31FN6O2/c26-20-8-4-7-18(24(20)34)21(27)14-19(25(28)29)22-13-17(9-10-30-22)32-12-11-31(15-23(32)33)16-5-2-1-3-6-16/h4,7-10,13-14,16,34H,1-3,5-6,11-12,15,27-29H2/b21-14-. The second-order valence-electron chi connectivity index (χ2n) is 8.81. The molecule has 180 valence electrons. The molecule has 0 unspecified atom stereocenters. The maximum Gasteiger partial charge on any atom is 0.241 e. The van der Waals surface area contributed by atoms with Crippen LogP contribution in [0.2, 0.25) is 0 Å². The van der Waals surface area contributed by atoms with E-state index in [4.69, 9.17) is 17.2 Å². The molecule has 1 aromatic heterocycles. The van der Waals surface area contributed by atoms with Crippen LogP contribution >= 0.6 is 0 Å². The first kappa shape index (κ1) is 23.6. The molecule has 1 aliphatic carbocycles. The molecule has 2 aromatic rings. The minimum absolute atomic E-state index is 0.0416. The highest BCUT2D eigenvalue weighted by Gasteiger charge is 2.30. The van der Waals surface area contributed by atoms with Crippen molar-refractivity contribution in [2.75, 3.05) is 24.5 Å². The molecule has 9 heteroatoms. The van der Waals surface area contributed by atoms with Crippen molar-refractivity contribution >= 4 is 22.9 Å². The fraction of sp³-hybridized carbons (Fsp3) is 0.360. The van der Waals surface area contributed by atoms with Gasteiger partial charge in [0.2, 0.25) is 5.91 Å². The summed E-state index contributed by atoms with van der Waals surface area (Å²) < 4.78 is 13.8. The molecular weight excluding hydrogens is 435 g/mol. The zero-order valence-electron chi connectivity index (χ0n) is 19.1. The number of nitrogens with zero attached hydrogens (tertiary/aromatic N) is 3. The van der Waals surface area contributed by atoms with Crippen LogP contribution in [-0.4, -0.2) is 46.6 Å². The number of hydrogen-bond donors (Lipinski definition) is 4. The lowest BCUT2D eigenvalue weighted by Gasteiger charge is -2.40. The second kappa shape index (κ2) is 10.1. The van der Waals surface area contributed by atoms with Gasteiger partial charge in [-0.1, -0.05) is 25.3 Å². The second-order valence-corrected chi connectivity index (χ2v) is 8.81. The predicted molar refractivity (Wildman–Crippen MR) is 131 cm³/mol. The van der Waals surface area contributed by atoms with Gasteiger partial charge in [-0.05, 0) is 43.2 Å². The Hall–Kier alpha value is -3.59. The van der Waals surface area contributed by atoms with E-state index in [1.807, 2.05) is 0 Å². The minimum atomic E-state index is -0.786. The quantitative estimate of drug-likeness (QED) is 0.497. The molecule has 0 radical (unpaired) electrons. The minimum Gasteiger partial charge on any atom is -0.504 e. The lowest BCUT2D eigenvalue weighted by molar-refractivity contribution is -0.122. The maximum absolute atomic E-state index is 13.8. The molecule has 1 amide bonds. The van der Waals surface area contributed by atoms with Crippen molar-refractivity contribution in [2.45, 2.75) is 38.1 Å². The first-order valence-electron chi connectivity index (χ1n) is 11.6. The van der Waals surface area contributed by atoms with Crippen molar-refractivity contribution in [3.63, 3.8) is 0 Å². The lowest BCUT2D eigenvalue weighted by Crippen LogP contribution is -2.54. The Morgan fingerprint density at radius 2 is 1.88 bits per heavy atom. The summed E-state index contributed by atoms with van der Waals surface area (Å²) in [7, 11) is 0. The Bertz CT molecular complexity index is 1120. The highest BCUT2D eigenvalue weighted by atomic mass is 19.1. The van der Waals surface area contributed by atoms with Gasteiger partial charge in [0.1, 0.15) is 5.82 Å². The van der Waals surface area contributed by atoms with Crippen molar-refractivity contribution in [2.24, 2.45) is 17.2 Å². The largest absolute Gasteiger partial charge is 0.504 e. The SMILES string of the molecule is NC(N)=C(/C=C(\N)c1cccc(F)c1O)c1cc(N2CCN(C3CCCCC3)CC2=O)ccn1. The highest BCUT2D eigenvalue weighted by molar-refractivity contribution is 5.96. The van der Waals surface area contributed by atoms with Crippen LogP contribution in [0.1, 0.15) is 43.4 Å². The number of nitrogens with two attached hydrogens (primary N) is 3. The summed E-state index contributed by atoms with van der Waals surface area (Å²) in [6.07, 6.45) is 9.08. The molecule has 8 nitrogen and oxygen atoms in total. The molecule has 7 N–H and O–H groups in total. The number of phenolic OH excluding ortho intramolecular Hbond substituents is 1. The summed E-state index contributed by atoms with van der Waals surface area (Å²) >= 11 is 0. The van der Waals surface area contributed by atoms with Crippen LogP contribution in [0.5, 0.6) is 5.75 Å². The van der Waals surface area contributed by atoms with Crippen molar-refractivity contribution < 1.29 is 14.3 Å². The summed E-state index contributed by atoms with van der Waals surface area (Å²) in [5.41, 5.74) is 19.6. The van der Waals surface area contributed by atoms with Gasteiger partial charge >= 0.3 is 0 Å². The van der Waals surface area contributed by atoms with Gasteiger partial charge in [-0.3, -0.25) is 14.7 Å². The molecule has 4 rings (SSSR count). The van der Waals surface area contributed by atoms with Gasteiger partial charge in [0.05, 0.1) is 12.2 Å². The maximum atomic E-state index is 13.8. The number of hydrogen-bond acceptors (Lipinski definition) is 7.